The topological polar surface area (TPSA) is 44.5 Å². The molecular formula is C18H21ClFNO2. The van der Waals surface area contributed by atoms with Gasteiger partial charge in [0.2, 0.25) is 0 Å². The van der Waals surface area contributed by atoms with E-state index in [0.717, 1.165) is 24.0 Å². The highest BCUT2D eigenvalue weighted by Gasteiger charge is 2.09. The summed E-state index contributed by atoms with van der Waals surface area (Å²) >= 11 is 6.02. The molecule has 0 heterocycles. The highest BCUT2D eigenvalue weighted by atomic mass is 35.5. The Balaban J connectivity index is 2.11. The molecule has 2 N–H and O–H groups in total. The van der Waals surface area contributed by atoms with Crippen LogP contribution >= 0.6 is 11.6 Å². The van der Waals surface area contributed by atoms with Crippen molar-refractivity contribution in [3.8, 4) is 11.5 Å². The average molecular weight is 338 g/mol. The lowest BCUT2D eigenvalue weighted by atomic mass is 10.1. The first-order chi connectivity index (χ1) is 11.1. The van der Waals surface area contributed by atoms with Gasteiger partial charge in [-0.2, -0.15) is 0 Å². The van der Waals surface area contributed by atoms with Gasteiger partial charge in [-0.15, -0.1) is 0 Å². The van der Waals surface area contributed by atoms with E-state index in [4.69, 9.17) is 26.8 Å². The molecule has 0 amide bonds. The van der Waals surface area contributed by atoms with Gasteiger partial charge in [0.05, 0.1) is 11.6 Å². The Morgan fingerprint density at radius 3 is 2.61 bits per heavy atom. The first-order valence-electron chi connectivity index (χ1n) is 7.66. The number of aryl methyl sites for hydroxylation is 1. The molecule has 0 saturated heterocycles. The zero-order chi connectivity index (χ0) is 16.7. The third-order valence-corrected chi connectivity index (χ3v) is 3.73. The predicted molar refractivity (Wildman–Crippen MR) is 90.7 cm³/mol. The SMILES string of the molecule is CCOc1cc(CCCN)ccc1OCc1ccc(F)cc1Cl. The van der Waals surface area contributed by atoms with Crippen LogP contribution in [0.2, 0.25) is 5.02 Å². The zero-order valence-electron chi connectivity index (χ0n) is 13.1. The molecule has 124 valence electrons. The summed E-state index contributed by atoms with van der Waals surface area (Å²) in [5.74, 6) is 0.974. The van der Waals surface area contributed by atoms with Gasteiger partial charge >= 0.3 is 0 Å². The second-order valence-electron chi connectivity index (χ2n) is 5.13. The molecule has 0 aromatic heterocycles. The van der Waals surface area contributed by atoms with E-state index in [1.165, 1.54) is 12.1 Å². The van der Waals surface area contributed by atoms with Crippen LogP contribution in [0.25, 0.3) is 0 Å². The number of hydrogen-bond donors (Lipinski definition) is 1. The maximum absolute atomic E-state index is 13.1. The van der Waals surface area contributed by atoms with Gasteiger partial charge in [0.1, 0.15) is 12.4 Å². The molecule has 0 spiro atoms. The van der Waals surface area contributed by atoms with Gasteiger partial charge < -0.3 is 15.2 Å². The Kier molecular flexibility index (Phi) is 6.68. The third kappa shape index (κ3) is 5.12. The maximum atomic E-state index is 13.1. The third-order valence-electron chi connectivity index (χ3n) is 3.38. The minimum absolute atomic E-state index is 0.251. The van der Waals surface area contributed by atoms with Crippen molar-refractivity contribution in [2.45, 2.75) is 26.4 Å². The fourth-order valence-electron chi connectivity index (χ4n) is 2.20. The lowest BCUT2D eigenvalue weighted by molar-refractivity contribution is 0.269. The molecule has 0 aliphatic carbocycles. The highest BCUT2D eigenvalue weighted by molar-refractivity contribution is 6.31. The van der Waals surface area contributed by atoms with Crippen LogP contribution in [-0.4, -0.2) is 13.2 Å². The van der Waals surface area contributed by atoms with E-state index in [1.54, 1.807) is 6.07 Å². The molecule has 0 aliphatic rings. The number of ether oxygens (including phenoxy) is 2. The van der Waals surface area contributed by atoms with Crippen LogP contribution < -0.4 is 15.2 Å². The van der Waals surface area contributed by atoms with E-state index >= 15 is 0 Å². The van der Waals surface area contributed by atoms with Gasteiger partial charge in [0.15, 0.2) is 11.5 Å². The summed E-state index contributed by atoms with van der Waals surface area (Å²) in [6.45, 7) is 3.38. The summed E-state index contributed by atoms with van der Waals surface area (Å²) < 4.78 is 24.5. The molecule has 2 aromatic rings. The fourth-order valence-corrected chi connectivity index (χ4v) is 2.42. The van der Waals surface area contributed by atoms with Crippen molar-refractivity contribution >= 4 is 11.6 Å². The van der Waals surface area contributed by atoms with Gasteiger partial charge in [-0.1, -0.05) is 23.7 Å². The molecule has 0 bridgehead atoms. The van der Waals surface area contributed by atoms with Crippen LogP contribution in [0.15, 0.2) is 36.4 Å². The molecule has 2 aromatic carbocycles. The van der Waals surface area contributed by atoms with Crippen LogP contribution in [0.5, 0.6) is 11.5 Å². The van der Waals surface area contributed by atoms with Crippen molar-refractivity contribution in [1.82, 2.24) is 0 Å². The van der Waals surface area contributed by atoms with Crippen LogP contribution in [0, 0.1) is 5.82 Å². The van der Waals surface area contributed by atoms with Crippen molar-refractivity contribution in [2.24, 2.45) is 5.73 Å². The van der Waals surface area contributed by atoms with Gasteiger partial charge in [-0.05, 0) is 56.1 Å². The Labute approximate surface area is 141 Å². The van der Waals surface area contributed by atoms with Crippen LogP contribution in [0.3, 0.4) is 0 Å². The average Bonchev–Trinajstić information content (AvgIpc) is 2.53. The van der Waals surface area contributed by atoms with E-state index in [0.29, 0.717) is 29.7 Å². The normalized spacial score (nSPS) is 10.6. The molecule has 23 heavy (non-hydrogen) atoms. The van der Waals surface area contributed by atoms with Crippen molar-refractivity contribution in [3.05, 3.63) is 58.4 Å². The standard InChI is InChI=1S/C18H21ClFNO2/c1-2-22-18-10-13(4-3-9-21)5-8-17(18)23-12-14-6-7-15(20)11-16(14)19/h5-8,10-11H,2-4,9,12,21H2,1H3. The number of benzene rings is 2. The maximum Gasteiger partial charge on any atom is 0.161 e. The molecular weight excluding hydrogens is 317 g/mol. The van der Waals surface area contributed by atoms with Crippen molar-refractivity contribution in [2.75, 3.05) is 13.2 Å². The summed E-state index contributed by atoms with van der Waals surface area (Å²) in [5, 5.41) is 0.350. The van der Waals surface area contributed by atoms with Crippen LogP contribution in [0.1, 0.15) is 24.5 Å². The van der Waals surface area contributed by atoms with E-state index in [-0.39, 0.29) is 12.4 Å². The predicted octanol–water partition coefficient (Wildman–Crippen LogP) is 4.35. The minimum Gasteiger partial charge on any atom is -0.490 e. The molecule has 3 nitrogen and oxygen atoms in total. The Bertz CT molecular complexity index is 649. The van der Waals surface area contributed by atoms with Gasteiger partial charge in [-0.3, -0.25) is 0 Å². The quantitative estimate of drug-likeness (QED) is 0.779. The highest BCUT2D eigenvalue weighted by Crippen LogP contribution is 2.30. The molecule has 0 radical (unpaired) electrons. The fraction of sp³-hybridized carbons (Fsp3) is 0.333. The second kappa shape index (κ2) is 8.75. The lowest BCUT2D eigenvalue weighted by Gasteiger charge is -2.14. The first-order valence-corrected chi connectivity index (χ1v) is 8.04. The van der Waals surface area contributed by atoms with Crippen molar-refractivity contribution < 1.29 is 13.9 Å². The Morgan fingerprint density at radius 2 is 1.91 bits per heavy atom. The van der Waals surface area contributed by atoms with Crippen LogP contribution in [0.4, 0.5) is 4.39 Å². The minimum atomic E-state index is -0.363. The molecule has 0 aliphatic heterocycles. The number of hydrogen-bond acceptors (Lipinski definition) is 3. The molecule has 0 saturated carbocycles. The molecule has 2 rings (SSSR count). The van der Waals surface area contributed by atoms with Crippen LogP contribution in [-0.2, 0) is 13.0 Å². The van der Waals surface area contributed by atoms with E-state index < -0.39 is 0 Å². The molecule has 0 atom stereocenters. The van der Waals surface area contributed by atoms with Gasteiger partial charge in [0, 0.05) is 5.56 Å². The molecule has 5 heteroatoms. The van der Waals surface area contributed by atoms with Gasteiger partial charge in [-0.25, -0.2) is 4.39 Å². The number of rotatable bonds is 8. The summed E-state index contributed by atoms with van der Waals surface area (Å²) in [6.07, 6.45) is 1.83. The summed E-state index contributed by atoms with van der Waals surface area (Å²) in [5.41, 5.74) is 7.43. The Hall–Kier alpha value is -1.78. The number of halogens is 2. The summed E-state index contributed by atoms with van der Waals surface area (Å²) in [4.78, 5) is 0. The van der Waals surface area contributed by atoms with E-state index in [1.807, 2.05) is 25.1 Å². The summed E-state index contributed by atoms with van der Waals surface area (Å²) in [6, 6.07) is 10.1. The Morgan fingerprint density at radius 1 is 1.09 bits per heavy atom. The summed E-state index contributed by atoms with van der Waals surface area (Å²) in [7, 11) is 0. The largest absolute Gasteiger partial charge is 0.490 e. The first kappa shape index (κ1) is 17.6. The molecule has 0 unspecified atom stereocenters. The lowest BCUT2D eigenvalue weighted by Crippen LogP contribution is -2.03. The van der Waals surface area contributed by atoms with Crippen molar-refractivity contribution in [1.29, 1.82) is 0 Å². The number of nitrogens with two attached hydrogens (primary N) is 1. The van der Waals surface area contributed by atoms with Crippen molar-refractivity contribution in [3.63, 3.8) is 0 Å². The zero-order valence-corrected chi connectivity index (χ0v) is 13.9. The van der Waals surface area contributed by atoms with E-state index in [9.17, 15) is 4.39 Å². The second-order valence-corrected chi connectivity index (χ2v) is 5.54. The molecule has 0 fully saturated rings. The van der Waals surface area contributed by atoms with Gasteiger partial charge in [0.25, 0.3) is 0 Å². The smallest absolute Gasteiger partial charge is 0.161 e. The van der Waals surface area contributed by atoms with E-state index in [2.05, 4.69) is 0 Å². The monoisotopic (exact) mass is 337 g/mol.